The molecule has 0 aromatic carbocycles. The fraction of sp³-hybridized carbons (Fsp3) is 0.667. The molecule has 0 rings (SSSR count). The molecule has 76 valence electrons. The molecule has 5 heteroatoms. The van der Waals surface area contributed by atoms with E-state index in [0.717, 1.165) is 6.08 Å². The van der Waals surface area contributed by atoms with E-state index in [0.29, 0.717) is 0 Å². The second-order valence-corrected chi connectivity index (χ2v) is 3.43. The van der Waals surface area contributed by atoms with Crippen LogP contribution in [0, 0.1) is 0 Å². The van der Waals surface area contributed by atoms with Gasteiger partial charge in [0, 0.05) is 6.08 Å². The predicted molar refractivity (Wildman–Crippen MR) is 45.6 cm³/mol. The SMILES string of the molecule is CCOC([O-])=CC(=O)OC(C)(C)C.[Na+]. The quantitative estimate of drug-likeness (QED) is 0.225. The average Bonchev–Trinajstić information content (AvgIpc) is 1.81. The van der Waals surface area contributed by atoms with Crippen LogP contribution in [0.4, 0.5) is 0 Å². The summed E-state index contributed by atoms with van der Waals surface area (Å²) in [7, 11) is 0. The van der Waals surface area contributed by atoms with Gasteiger partial charge in [-0.25, -0.2) is 4.79 Å². The average molecular weight is 210 g/mol. The van der Waals surface area contributed by atoms with Gasteiger partial charge in [0.05, 0.1) is 5.95 Å². The van der Waals surface area contributed by atoms with Crippen molar-refractivity contribution in [3.63, 3.8) is 0 Å². The van der Waals surface area contributed by atoms with Crippen LogP contribution in [0.1, 0.15) is 27.7 Å². The number of hydrogen-bond donors (Lipinski definition) is 0. The third-order valence-corrected chi connectivity index (χ3v) is 0.929. The van der Waals surface area contributed by atoms with Crippen molar-refractivity contribution < 1.29 is 48.9 Å². The van der Waals surface area contributed by atoms with Gasteiger partial charge in [-0.05, 0) is 27.4 Å². The summed E-state index contributed by atoms with van der Waals surface area (Å²) in [5.74, 6) is -1.34. The van der Waals surface area contributed by atoms with E-state index in [-0.39, 0.29) is 36.2 Å². The van der Waals surface area contributed by atoms with Gasteiger partial charge in [-0.2, -0.15) is 0 Å². The molecule has 0 fully saturated rings. The van der Waals surface area contributed by atoms with E-state index in [1.165, 1.54) is 0 Å². The number of rotatable bonds is 3. The molecular formula is C9H15NaO4. The smallest absolute Gasteiger partial charge is 0.613 e. The molecule has 4 nitrogen and oxygen atoms in total. The van der Waals surface area contributed by atoms with E-state index in [2.05, 4.69) is 4.74 Å². The molecule has 14 heavy (non-hydrogen) atoms. The van der Waals surface area contributed by atoms with E-state index < -0.39 is 17.5 Å². The monoisotopic (exact) mass is 210 g/mol. The summed E-state index contributed by atoms with van der Waals surface area (Å²) in [6.45, 7) is 7.09. The number of esters is 1. The van der Waals surface area contributed by atoms with Gasteiger partial charge < -0.3 is 14.6 Å². The van der Waals surface area contributed by atoms with E-state index >= 15 is 0 Å². The number of carbonyl (C=O) groups is 1. The zero-order chi connectivity index (χ0) is 10.5. The van der Waals surface area contributed by atoms with Gasteiger partial charge in [0.2, 0.25) is 0 Å². The van der Waals surface area contributed by atoms with Crippen molar-refractivity contribution in [1.82, 2.24) is 0 Å². The van der Waals surface area contributed by atoms with Crippen molar-refractivity contribution in [2.75, 3.05) is 6.61 Å². The zero-order valence-corrected chi connectivity index (χ0v) is 11.4. The summed E-state index contributed by atoms with van der Waals surface area (Å²) in [6, 6.07) is 0. The van der Waals surface area contributed by atoms with Crippen LogP contribution in [0.3, 0.4) is 0 Å². The molecular weight excluding hydrogens is 195 g/mol. The third kappa shape index (κ3) is 9.89. The maximum atomic E-state index is 11.0. The second-order valence-electron chi connectivity index (χ2n) is 3.43. The number of ether oxygens (including phenoxy) is 2. The summed E-state index contributed by atoms with van der Waals surface area (Å²) >= 11 is 0. The van der Waals surface area contributed by atoms with Crippen molar-refractivity contribution in [2.45, 2.75) is 33.3 Å². The Morgan fingerprint density at radius 1 is 1.43 bits per heavy atom. The Labute approximate surface area is 107 Å². The van der Waals surface area contributed by atoms with E-state index in [1.807, 2.05) is 0 Å². The maximum Gasteiger partial charge on any atom is 1.00 e. The Hall–Kier alpha value is -0.190. The fourth-order valence-electron chi connectivity index (χ4n) is 0.611. The topological polar surface area (TPSA) is 58.6 Å². The first kappa shape index (κ1) is 16.2. The summed E-state index contributed by atoms with van der Waals surface area (Å²) in [4.78, 5) is 11.0. The molecule has 0 unspecified atom stereocenters. The van der Waals surface area contributed by atoms with Crippen LogP contribution in [0.5, 0.6) is 0 Å². The zero-order valence-electron chi connectivity index (χ0n) is 9.42. The minimum atomic E-state index is -0.675. The van der Waals surface area contributed by atoms with Crippen molar-refractivity contribution in [2.24, 2.45) is 0 Å². The van der Waals surface area contributed by atoms with Gasteiger partial charge in [-0.1, -0.05) is 6.92 Å². The molecule has 0 saturated heterocycles. The molecule has 0 spiro atoms. The number of hydrogen-bond acceptors (Lipinski definition) is 4. The minimum absolute atomic E-state index is 0. The number of carbonyl (C=O) groups excluding carboxylic acids is 1. The first-order valence-electron chi connectivity index (χ1n) is 4.09. The van der Waals surface area contributed by atoms with Gasteiger partial charge >= 0.3 is 35.5 Å². The molecule has 0 heterocycles. The largest absolute Gasteiger partial charge is 1.00 e. The van der Waals surface area contributed by atoms with Gasteiger partial charge in [0.15, 0.2) is 0 Å². The van der Waals surface area contributed by atoms with Crippen LogP contribution in [0.15, 0.2) is 12.0 Å². The first-order valence-corrected chi connectivity index (χ1v) is 4.09. The van der Waals surface area contributed by atoms with Crippen molar-refractivity contribution in [3.05, 3.63) is 12.0 Å². The molecule has 0 aromatic rings. The van der Waals surface area contributed by atoms with Crippen LogP contribution in [0.2, 0.25) is 0 Å². The molecule has 0 N–H and O–H groups in total. The molecule has 0 radical (unpaired) electrons. The molecule has 0 atom stereocenters. The minimum Gasteiger partial charge on any atom is -0.613 e. The van der Waals surface area contributed by atoms with Crippen molar-refractivity contribution in [3.8, 4) is 0 Å². The van der Waals surface area contributed by atoms with Crippen molar-refractivity contribution in [1.29, 1.82) is 0 Å². The van der Waals surface area contributed by atoms with E-state index in [9.17, 15) is 9.90 Å². The van der Waals surface area contributed by atoms with Gasteiger partial charge in [-0.15, -0.1) is 0 Å². The van der Waals surface area contributed by atoms with Crippen LogP contribution >= 0.6 is 0 Å². The van der Waals surface area contributed by atoms with E-state index in [1.54, 1.807) is 27.7 Å². The predicted octanol–water partition coefficient (Wildman–Crippen LogP) is -2.43. The summed E-state index contributed by atoms with van der Waals surface area (Å²) in [5.41, 5.74) is -0.583. The molecule has 0 aliphatic heterocycles. The van der Waals surface area contributed by atoms with Crippen LogP contribution in [-0.2, 0) is 14.3 Å². The molecule has 0 aliphatic carbocycles. The molecule has 0 aliphatic rings. The Kier molecular flexibility index (Phi) is 8.30. The first-order chi connectivity index (χ1) is 5.85. The van der Waals surface area contributed by atoms with Crippen LogP contribution < -0.4 is 34.7 Å². The second kappa shape index (κ2) is 7.15. The molecule has 0 bridgehead atoms. The molecule has 0 amide bonds. The Balaban J connectivity index is 0. The standard InChI is InChI=1S/C9H16O4.Na/c1-5-12-7(10)6-8(11)13-9(2,3)4;/h6,10H,5H2,1-4H3;/q;+1/p-1. The Morgan fingerprint density at radius 2 is 1.93 bits per heavy atom. The Bertz CT molecular complexity index is 205. The van der Waals surface area contributed by atoms with Crippen molar-refractivity contribution >= 4 is 5.97 Å². The van der Waals surface area contributed by atoms with Gasteiger partial charge in [0.1, 0.15) is 5.60 Å². The molecule has 0 saturated carbocycles. The van der Waals surface area contributed by atoms with Crippen LogP contribution in [0.25, 0.3) is 0 Å². The maximum absolute atomic E-state index is 11.0. The molecule has 0 aromatic heterocycles. The summed E-state index contributed by atoms with van der Waals surface area (Å²) in [5, 5.41) is 10.8. The third-order valence-electron chi connectivity index (χ3n) is 0.929. The summed E-state index contributed by atoms with van der Waals surface area (Å²) in [6.07, 6.45) is 0.800. The normalized spacial score (nSPS) is 11.6. The van der Waals surface area contributed by atoms with Gasteiger partial charge in [-0.3, -0.25) is 0 Å². The van der Waals surface area contributed by atoms with Gasteiger partial charge in [0.25, 0.3) is 0 Å². The summed E-state index contributed by atoms with van der Waals surface area (Å²) < 4.78 is 9.39. The fourth-order valence-corrected chi connectivity index (χ4v) is 0.611. The Morgan fingerprint density at radius 3 is 2.29 bits per heavy atom. The van der Waals surface area contributed by atoms with E-state index in [4.69, 9.17) is 4.74 Å². The van der Waals surface area contributed by atoms with Crippen LogP contribution in [-0.4, -0.2) is 18.2 Å².